The Morgan fingerprint density at radius 3 is 2.50 bits per heavy atom. The summed E-state index contributed by atoms with van der Waals surface area (Å²) in [6.07, 6.45) is 1.77. The van der Waals surface area contributed by atoms with Crippen molar-refractivity contribution < 1.29 is 23.9 Å². The minimum atomic E-state index is -0.516. The van der Waals surface area contributed by atoms with Gasteiger partial charge in [0.05, 0.1) is 31.9 Å². The molecule has 0 aliphatic carbocycles. The van der Waals surface area contributed by atoms with Crippen LogP contribution >= 0.6 is 0 Å². The van der Waals surface area contributed by atoms with Crippen LogP contribution in [-0.2, 0) is 30.5 Å². The smallest absolute Gasteiger partial charge is 0.341 e. The van der Waals surface area contributed by atoms with Gasteiger partial charge in [-0.05, 0) is 19.4 Å². The second kappa shape index (κ2) is 9.94. The predicted octanol–water partition coefficient (Wildman–Crippen LogP) is 2.36. The quantitative estimate of drug-likeness (QED) is 0.182. The number of methoxy groups -OCH3 is 2. The Kier molecular flexibility index (Phi) is 7.90. The third-order valence-electron chi connectivity index (χ3n) is 3.14. The van der Waals surface area contributed by atoms with Crippen LogP contribution in [0.3, 0.4) is 0 Å². The lowest BCUT2D eigenvalue weighted by atomic mass is 10.0. The molecule has 1 rings (SSSR count). The molecule has 0 unspecified atom stereocenters. The van der Waals surface area contributed by atoms with Gasteiger partial charge in [0.2, 0.25) is 6.41 Å². The van der Waals surface area contributed by atoms with Gasteiger partial charge in [0, 0.05) is 5.56 Å². The van der Waals surface area contributed by atoms with Crippen molar-refractivity contribution in [2.75, 3.05) is 14.2 Å². The zero-order valence-electron chi connectivity index (χ0n) is 14.1. The largest absolute Gasteiger partial charge is 0.503 e. The molecule has 1 aromatic rings. The number of oxime groups is 1. The topological polar surface area (TPSA) is 86.6 Å². The summed E-state index contributed by atoms with van der Waals surface area (Å²) in [5.74, 6) is -0.516. The molecule has 24 heavy (non-hydrogen) atoms. The van der Waals surface area contributed by atoms with Gasteiger partial charge >= 0.3 is 5.97 Å². The van der Waals surface area contributed by atoms with Crippen LogP contribution in [0.4, 0.5) is 0 Å². The first-order chi connectivity index (χ1) is 11.5. The molecular weight excluding hydrogens is 312 g/mol. The molecule has 7 heteroatoms. The van der Waals surface area contributed by atoms with Gasteiger partial charge in [-0.1, -0.05) is 29.4 Å². The van der Waals surface area contributed by atoms with Crippen molar-refractivity contribution >= 4 is 29.4 Å². The molecule has 7 nitrogen and oxygen atoms in total. The van der Waals surface area contributed by atoms with Crippen LogP contribution in [0.15, 0.2) is 40.7 Å². The minimum absolute atomic E-state index is 0.125. The summed E-state index contributed by atoms with van der Waals surface area (Å²) in [5.41, 5.74) is 2.58. The highest BCUT2D eigenvalue weighted by molar-refractivity contribution is 6.41. The first kappa shape index (κ1) is 19.1. The van der Waals surface area contributed by atoms with Crippen molar-refractivity contribution in [3.05, 3.63) is 41.7 Å². The van der Waals surface area contributed by atoms with E-state index in [2.05, 4.69) is 10.1 Å². The monoisotopic (exact) mass is 332 g/mol. The summed E-state index contributed by atoms with van der Waals surface area (Å²) in [4.78, 5) is 31.1. The van der Waals surface area contributed by atoms with Crippen molar-refractivity contribution in [2.45, 2.75) is 20.5 Å². The van der Waals surface area contributed by atoms with Gasteiger partial charge in [-0.2, -0.15) is 0 Å². The van der Waals surface area contributed by atoms with E-state index in [1.54, 1.807) is 32.0 Å². The Morgan fingerprint density at radius 1 is 1.17 bits per heavy atom. The molecule has 0 aromatic heterocycles. The summed E-state index contributed by atoms with van der Waals surface area (Å²) in [6.45, 7) is 3.46. The lowest BCUT2D eigenvalue weighted by Gasteiger charge is -2.11. The minimum Gasteiger partial charge on any atom is -0.503 e. The number of carbonyl (C=O) groups excluding carboxylic acids is 2. The SMILES string of the molecule is CO/C=C(/C(=O)OC)c1ccccc1CO/N=C(\C)C(C)=NC=O. The molecule has 0 fully saturated rings. The molecule has 0 atom stereocenters. The van der Waals surface area contributed by atoms with E-state index in [-0.39, 0.29) is 12.2 Å². The highest BCUT2D eigenvalue weighted by Crippen LogP contribution is 2.21. The number of nitrogens with zero attached hydrogens (tertiary/aromatic N) is 2. The molecule has 0 saturated heterocycles. The van der Waals surface area contributed by atoms with Gasteiger partial charge in [-0.15, -0.1) is 0 Å². The number of esters is 1. The predicted molar refractivity (Wildman–Crippen MR) is 90.5 cm³/mol. The molecule has 1 amide bonds. The normalized spacial score (nSPS) is 12.6. The number of benzene rings is 1. The maximum absolute atomic E-state index is 11.9. The first-order valence-corrected chi connectivity index (χ1v) is 7.09. The standard InChI is InChI=1S/C17H20N2O5/c1-12(18-11-20)13(2)19-24-9-14-7-5-6-8-15(14)16(10-22-3)17(21)23-4/h5-8,10-11H,9H2,1-4H3/b16-10+,18-12?,19-13+. The Balaban J connectivity index is 3.01. The highest BCUT2D eigenvalue weighted by atomic mass is 16.6. The van der Waals surface area contributed by atoms with E-state index in [1.807, 2.05) is 6.07 Å². The molecule has 128 valence electrons. The number of rotatable bonds is 8. The lowest BCUT2D eigenvalue weighted by molar-refractivity contribution is -0.133. The summed E-state index contributed by atoms with van der Waals surface area (Å²) in [6, 6.07) is 7.18. The molecule has 0 N–H and O–H groups in total. The number of hydrogen-bond donors (Lipinski definition) is 0. The maximum atomic E-state index is 11.9. The van der Waals surface area contributed by atoms with Gasteiger partial charge in [0.25, 0.3) is 0 Å². The average Bonchev–Trinajstić information content (AvgIpc) is 2.59. The van der Waals surface area contributed by atoms with Gasteiger partial charge in [0.15, 0.2) is 0 Å². The zero-order chi connectivity index (χ0) is 17.9. The van der Waals surface area contributed by atoms with E-state index >= 15 is 0 Å². The maximum Gasteiger partial charge on any atom is 0.341 e. The molecule has 0 saturated carbocycles. The number of amides is 1. The number of ether oxygens (including phenoxy) is 2. The fourth-order valence-corrected chi connectivity index (χ4v) is 1.80. The van der Waals surface area contributed by atoms with Crippen molar-refractivity contribution in [3.63, 3.8) is 0 Å². The number of carbonyl (C=O) groups is 2. The van der Waals surface area contributed by atoms with E-state index in [1.165, 1.54) is 20.5 Å². The van der Waals surface area contributed by atoms with E-state index in [0.29, 0.717) is 23.4 Å². The molecule has 0 heterocycles. The average molecular weight is 332 g/mol. The van der Waals surface area contributed by atoms with Crippen molar-refractivity contribution in [3.8, 4) is 0 Å². The van der Waals surface area contributed by atoms with E-state index in [9.17, 15) is 9.59 Å². The third kappa shape index (κ3) is 5.35. The molecule has 0 aliphatic heterocycles. The van der Waals surface area contributed by atoms with Crippen molar-refractivity contribution in [1.29, 1.82) is 0 Å². The van der Waals surface area contributed by atoms with Crippen LogP contribution in [-0.4, -0.2) is 38.0 Å². The molecule has 1 aromatic carbocycles. The fourth-order valence-electron chi connectivity index (χ4n) is 1.80. The van der Waals surface area contributed by atoms with Crippen LogP contribution in [0.25, 0.3) is 5.57 Å². The molecule has 0 bridgehead atoms. The van der Waals surface area contributed by atoms with E-state index in [4.69, 9.17) is 14.3 Å². The first-order valence-electron chi connectivity index (χ1n) is 7.09. The fraction of sp³-hybridized carbons (Fsp3) is 0.294. The van der Waals surface area contributed by atoms with Crippen molar-refractivity contribution in [2.24, 2.45) is 10.1 Å². The van der Waals surface area contributed by atoms with Crippen LogP contribution in [0, 0.1) is 0 Å². The molecular formula is C17H20N2O5. The van der Waals surface area contributed by atoms with Gasteiger partial charge < -0.3 is 14.3 Å². The van der Waals surface area contributed by atoms with E-state index < -0.39 is 5.97 Å². The second-order valence-electron chi connectivity index (χ2n) is 4.69. The van der Waals surface area contributed by atoms with E-state index in [0.717, 1.165) is 5.56 Å². The Morgan fingerprint density at radius 2 is 1.88 bits per heavy atom. The van der Waals surface area contributed by atoms with Gasteiger partial charge in [-0.25, -0.2) is 9.79 Å². The molecule has 0 aliphatic rings. The van der Waals surface area contributed by atoms with Crippen LogP contribution in [0.1, 0.15) is 25.0 Å². The number of hydrogen-bond acceptors (Lipinski definition) is 6. The summed E-state index contributed by atoms with van der Waals surface area (Å²) in [5, 5.41) is 3.91. The summed E-state index contributed by atoms with van der Waals surface area (Å²) in [7, 11) is 2.75. The molecule has 0 radical (unpaired) electrons. The third-order valence-corrected chi connectivity index (χ3v) is 3.14. The lowest BCUT2D eigenvalue weighted by Crippen LogP contribution is -2.08. The zero-order valence-corrected chi connectivity index (χ0v) is 14.1. The van der Waals surface area contributed by atoms with Gasteiger partial charge in [0.1, 0.15) is 12.2 Å². The van der Waals surface area contributed by atoms with Gasteiger partial charge in [-0.3, -0.25) is 4.79 Å². The van der Waals surface area contributed by atoms with Crippen LogP contribution in [0.2, 0.25) is 0 Å². The Hall–Kier alpha value is -2.96. The second-order valence-corrected chi connectivity index (χ2v) is 4.69. The summed E-state index contributed by atoms with van der Waals surface area (Å²) >= 11 is 0. The Labute approximate surface area is 140 Å². The van der Waals surface area contributed by atoms with Crippen LogP contribution in [0.5, 0.6) is 0 Å². The summed E-state index contributed by atoms with van der Waals surface area (Å²) < 4.78 is 9.73. The van der Waals surface area contributed by atoms with Crippen molar-refractivity contribution in [1.82, 2.24) is 0 Å². The molecule has 0 spiro atoms. The van der Waals surface area contributed by atoms with Crippen LogP contribution < -0.4 is 0 Å². The Bertz CT molecular complexity index is 677. The highest BCUT2D eigenvalue weighted by Gasteiger charge is 2.16. The number of aliphatic imine (C=N–C) groups is 1.